The van der Waals surface area contributed by atoms with E-state index in [-0.39, 0.29) is 5.96 Å². The molecule has 114 valence electrons. The molecular weight excluding hydrogens is 268 g/mol. The zero-order chi connectivity index (χ0) is 15.1. The number of nitrogens with one attached hydrogen (secondary N) is 1. The number of nitrogens with two attached hydrogens (primary N) is 1. The first-order valence-corrected chi connectivity index (χ1v) is 7.03. The zero-order valence-electron chi connectivity index (χ0n) is 12.3. The van der Waals surface area contributed by atoms with Crippen molar-refractivity contribution in [3.63, 3.8) is 0 Å². The lowest BCUT2D eigenvalue weighted by Crippen LogP contribution is -2.45. The second-order valence-electron chi connectivity index (χ2n) is 5.07. The van der Waals surface area contributed by atoms with Crippen LogP contribution in [0.5, 0.6) is 5.75 Å². The largest absolute Gasteiger partial charge is 0.492 e. The van der Waals surface area contributed by atoms with Gasteiger partial charge in [-0.25, -0.2) is 10.5 Å². The molecule has 1 aromatic rings. The Morgan fingerprint density at radius 3 is 2.81 bits per heavy atom. The number of benzene rings is 1. The third-order valence-electron chi connectivity index (χ3n) is 3.45. The quantitative estimate of drug-likeness (QED) is 0.486. The molecule has 2 rings (SSSR count). The first-order chi connectivity index (χ1) is 10.2. The zero-order valence-corrected chi connectivity index (χ0v) is 12.3. The number of aliphatic imine (C=N–C) groups is 1. The van der Waals surface area contributed by atoms with E-state index in [1.807, 2.05) is 12.1 Å². The first-order valence-electron chi connectivity index (χ1n) is 7.03. The fourth-order valence-electron chi connectivity index (χ4n) is 2.16. The molecule has 0 radical (unpaired) electrons. The summed E-state index contributed by atoms with van der Waals surface area (Å²) in [6.07, 6.45) is 0. The van der Waals surface area contributed by atoms with Gasteiger partial charge in [0.15, 0.2) is 0 Å². The van der Waals surface area contributed by atoms with E-state index in [4.69, 9.17) is 16.0 Å². The number of hydrogen-bond donors (Lipinski definition) is 2. The molecule has 3 N–H and O–H groups in total. The van der Waals surface area contributed by atoms with Gasteiger partial charge in [0.05, 0.1) is 5.69 Å². The molecule has 1 saturated heterocycles. The number of ether oxygens (including phenoxy) is 1. The maximum Gasteiger partial charge on any atom is 0.239 e. The lowest BCUT2D eigenvalue weighted by atomic mass is 10.3. The van der Waals surface area contributed by atoms with Crippen LogP contribution in [-0.4, -0.2) is 62.1 Å². The van der Waals surface area contributed by atoms with E-state index < -0.39 is 0 Å². The standard InChI is InChI=1S/C14H22N6O/c1-19-5-7-20(8-6-19)9-10-21-13-4-2-3-12(11-13)17-14(15)18-16/h2-4,11,16H,5-10H2,1H3,(H2,15,17). The molecule has 7 nitrogen and oxygen atoms in total. The van der Waals surface area contributed by atoms with E-state index in [1.54, 1.807) is 12.1 Å². The van der Waals surface area contributed by atoms with Crippen LogP contribution in [0.3, 0.4) is 0 Å². The second kappa shape index (κ2) is 7.70. The third kappa shape index (κ3) is 5.13. The van der Waals surface area contributed by atoms with Gasteiger partial charge in [-0.15, -0.1) is 5.11 Å². The molecular formula is C14H22N6O. The van der Waals surface area contributed by atoms with Crippen molar-refractivity contribution in [2.75, 3.05) is 46.4 Å². The summed E-state index contributed by atoms with van der Waals surface area (Å²) >= 11 is 0. The fourth-order valence-corrected chi connectivity index (χ4v) is 2.16. The fraction of sp³-hybridized carbons (Fsp3) is 0.500. The van der Waals surface area contributed by atoms with E-state index in [0.29, 0.717) is 12.3 Å². The SMILES string of the molecule is CN1CCN(CCOc2cccc(N=C(N)N=N)c2)CC1. The summed E-state index contributed by atoms with van der Waals surface area (Å²) in [6, 6.07) is 7.33. The molecule has 0 amide bonds. The van der Waals surface area contributed by atoms with Gasteiger partial charge >= 0.3 is 0 Å². The lowest BCUT2D eigenvalue weighted by Gasteiger charge is -2.32. The molecule has 1 aliphatic rings. The van der Waals surface area contributed by atoms with Gasteiger partial charge in [-0.3, -0.25) is 4.90 Å². The molecule has 0 unspecified atom stereocenters. The molecule has 21 heavy (non-hydrogen) atoms. The Bertz CT molecular complexity index is 496. The maximum atomic E-state index is 6.78. The van der Waals surface area contributed by atoms with Crippen LogP contribution >= 0.6 is 0 Å². The number of guanidine groups is 1. The summed E-state index contributed by atoms with van der Waals surface area (Å²) in [5, 5.41) is 3.07. The molecule has 0 saturated carbocycles. The van der Waals surface area contributed by atoms with Gasteiger partial charge in [0.2, 0.25) is 5.96 Å². The van der Waals surface area contributed by atoms with Gasteiger partial charge < -0.3 is 15.4 Å². The predicted molar refractivity (Wildman–Crippen MR) is 82.3 cm³/mol. The van der Waals surface area contributed by atoms with Crippen molar-refractivity contribution in [1.29, 1.82) is 5.53 Å². The average molecular weight is 290 g/mol. The van der Waals surface area contributed by atoms with Crippen LogP contribution in [0.4, 0.5) is 5.69 Å². The molecule has 0 bridgehead atoms. The van der Waals surface area contributed by atoms with Crippen molar-refractivity contribution < 1.29 is 4.74 Å². The number of piperazine rings is 1. The Morgan fingerprint density at radius 2 is 2.10 bits per heavy atom. The normalized spacial score (nSPS) is 17.7. The summed E-state index contributed by atoms with van der Waals surface area (Å²) in [4.78, 5) is 8.72. The van der Waals surface area contributed by atoms with Gasteiger partial charge in [0.1, 0.15) is 12.4 Å². The molecule has 7 heteroatoms. The van der Waals surface area contributed by atoms with Gasteiger partial charge in [0.25, 0.3) is 0 Å². The lowest BCUT2D eigenvalue weighted by molar-refractivity contribution is 0.134. The van der Waals surface area contributed by atoms with Crippen LogP contribution in [0.2, 0.25) is 0 Å². The van der Waals surface area contributed by atoms with Crippen LogP contribution in [0.1, 0.15) is 0 Å². The molecule has 1 aliphatic heterocycles. The minimum atomic E-state index is -0.0652. The number of rotatable bonds is 5. The van der Waals surface area contributed by atoms with Crippen LogP contribution < -0.4 is 10.5 Å². The molecule has 0 spiro atoms. The Labute approximate surface area is 124 Å². The summed E-state index contributed by atoms with van der Waals surface area (Å²) in [5.74, 6) is 0.688. The number of likely N-dealkylation sites (N-methyl/N-ethyl adjacent to an activating group) is 1. The average Bonchev–Trinajstić information content (AvgIpc) is 2.49. The van der Waals surface area contributed by atoms with Crippen LogP contribution in [0, 0.1) is 5.53 Å². The van der Waals surface area contributed by atoms with Crippen LogP contribution in [0.15, 0.2) is 34.4 Å². The summed E-state index contributed by atoms with van der Waals surface area (Å²) in [6.45, 7) is 5.97. The van der Waals surface area contributed by atoms with E-state index in [0.717, 1.165) is 38.5 Å². The number of nitrogens with zero attached hydrogens (tertiary/aromatic N) is 4. The number of hydrogen-bond acceptors (Lipinski definition) is 5. The van der Waals surface area contributed by atoms with Crippen molar-refractivity contribution >= 4 is 11.6 Å². The monoisotopic (exact) mass is 290 g/mol. The van der Waals surface area contributed by atoms with E-state index >= 15 is 0 Å². The highest BCUT2D eigenvalue weighted by Crippen LogP contribution is 2.20. The molecule has 1 aromatic carbocycles. The molecule has 1 heterocycles. The maximum absolute atomic E-state index is 6.78. The van der Waals surface area contributed by atoms with Crippen LogP contribution in [-0.2, 0) is 0 Å². The topological polar surface area (TPSA) is 90.3 Å². The van der Waals surface area contributed by atoms with E-state index in [2.05, 4.69) is 27.0 Å². The van der Waals surface area contributed by atoms with Crippen molar-refractivity contribution in [3.05, 3.63) is 24.3 Å². The summed E-state index contributed by atoms with van der Waals surface area (Å²) in [5.41, 5.74) is 12.8. The highest BCUT2D eigenvalue weighted by Gasteiger charge is 2.13. The van der Waals surface area contributed by atoms with Gasteiger partial charge in [-0.2, -0.15) is 0 Å². The van der Waals surface area contributed by atoms with Crippen molar-refractivity contribution in [3.8, 4) is 5.75 Å². The highest BCUT2D eigenvalue weighted by atomic mass is 16.5. The van der Waals surface area contributed by atoms with Crippen molar-refractivity contribution in [2.24, 2.45) is 15.8 Å². The van der Waals surface area contributed by atoms with E-state index in [1.165, 1.54) is 0 Å². The Kier molecular flexibility index (Phi) is 5.65. The Morgan fingerprint density at radius 1 is 1.33 bits per heavy atom. The van der Waals surface area contributed by atoms with Gasteiger partial charge in [-0.1, -0.05) is 6.07 Å². The van der Waals surface area contributed by atoms with E-state index in [9.17, 15) is 0 Å². The first kappa shape index (κ1) is 15.4. The van der Waals surface area contributed by atoms with Crippen LogP contribution in [0.25, 0.3) is 0 Å². The highest BCUT2D eigenvalue weighted by molar-refractivity contribution is 5.80. The van der Waals surface area contributed by atoms with Gasteiger partial charge in [-0.05, 0) is 19.2 Å². The molecule has 0 aliphatic carbocycles. The Balaban J connectivity index is 1.80. The minimum Gasteiger partial charge on any atom is -0.492 e. The third-order valence-corrected chi connectivity index (χ3v) is 3.45. The van der Waals surface area contributed by atoms with Crippen molar-refractivity contribution in [2.45, 2.75) is 0 Å². The molecule has 1 fully saturated rings. The Hall–Kier alpha value is -1.99. The molecule has 0 atom stereocenters. The summed E-state index contributed by atoms with van der Waals surface area (Å²) < 4.78 is 5.75. The van der Waals surface area contributed by atoms with Gasteiger partial charge in [0, 0.05) is 38.8 Å². The predicted octanol–water partition coefficient (Wildman–Crippen LogP) is 1.29. The second-order valence-corrected chi connectivity index (χ2v) is 5.07. The summed E-state index contributed by atoms with van der Waals surface area (Å²) in [7, 11) is 2.15. The smallest absolute Gasteiger partial charge is 0.239 e. The molecule has 0 aromatic heterocycles. The minimum absolute atomic E-state index is 0.0652. The van der Waals surface area contributed by atoms with Crippen molar-refractivity contribution in [1.82, 2.24) is 9.80 Å².